The Morgan fingerprint density at radius 2 is 1.76 bits per heavy atom. The van der Waals surface area contributed by atoms with Crippen LogP contribution in [0.3, 0.4) is 0 Å². The number of carbonyl (C=O) groups excluding carboxylic acids is 3. The number of nitrogens with zero attached hydrogens (tertiary/aromatic N) is 1. The minimum Gasteiger partial charge on any atom is -0.494 e. The highest BCUT2D eigenvalue weighted by Crippen LogP contribution is 2.33. The molecule has 0 saturated carbocycles. The summed E-state index contributed by atoms with van der Waals surface area (Å²) in [6.45, 7) is 0.127. The molecule has 0 aliphatic carbocycles. The molecule has 10 heteroatoms. The number of benzene rings is 3. The summed E-state index contributed by atoms with van der Waals surface area (Å²) < 4.78 is 9.61. The highest BCUT2D eigenvalue weighted by Gasteiger charge is 2.20. The van der Waals surface area contributed by atoms with Crippen molar-refractivity contribution in [2.45, 2.75) is 6.42 Å². The van der Waals surface area contributed by atoms with E-state index in [0.717, 1.165) is 5.56 Å². The molecule has 1 aromatic heterocycles. The fourth-order valence-electron chi connectivity index (χ4n) is 3.71. The molecule has 0 atom stereocenters. The van der Waals surface area contributed by atoms with Gasteiger partial charge in [0.25, 0.3) is 5.91 Å². The van der Waals surface area contributed by atoms with Crippen LogP contribution >= 0.6 is 0 Å². The fraction of sp³-hybridized carbons (Fsp3) is 0.111. The van der Waals surface area contributed by atoms with Crippen molar-refractivity contribution in [3.05, 3.63) is 89.5 Å². The first-order valence-corrected chi connectivity index (χ1v) is 11.3. The van der Waals surface area contributed by atoms with Gasteiger partial charge in [0, 0.05) is 35.5 Å². The van der Waals surface area contributed by atoms with Crippen LogP contribution in [-0.4, -0.2) is 47.4 Å². The molecule has 0 spiro atoms. The number of methoxy groups -OCH3 is 1. The van der Waals surface area contributed by atoms with E-state index < -0.39 is 12.1 Å². The Labute approximate surface area is 211 Å². The number of primary amides is 1. The maximum atomic E-state index is 12.5. The molecule has 0 saturated heterocycles. The van der Waals surface area contributed by atoms with Gasteiger partial charge in [-0.15, -0.1) is 0 Å². The Kier molecular flexibility index (Phi) is 7.48. The molecule has 4 rings (SSSR count). The van der Waals surface area contributed by atoms with Gasteiger partial charge in [-0.1, -0.05) is 36.4 Å². The van der Waals surface area contributed by atoms with Crippen molar-refractivity contribution in [3.63, 3.8) is 0 Å². The van der Waals surface area contributed by atoms with Crippen molar-refractivity contribution >= 4 is 40.3 Å². The first-order valence-electron chi connectivity index (χ1n) is 11.3. The Bertz CT molecular complexity index is 1490. The third-order valence-electron chi connectivity index (χ3n) is 5.41. The number of aromatic hydroxyl groups is 1. The van der Waals surface area contributed by atoms with Crippen molar-refractivity contribution in [3.8, 4) is 11.6 Å². The van der Waals surface area contributed by atoms with E-state index in [4.69, 9.17) is 15.5 Å². The van der Waals surface area contributed by atoms with E-state index in [1.165, 1.54) is 7.11 Å². The number of nitrogens with two attached hydrogens (primary N) is 1. The minimum absolute atomic E-state index is 0.0357. The van der Waals surface area contributed by atoms with Crippen LogP contribution in [0.1, 0.15) is 27.9 Å². The van der Waals surface area contributed by atoms with Crippen molar-refractivity contribution in [1.29, 1.82) is 0 Å². The molecule has 3 aromatic carbocycles. The standard InChI is InChI=1S/C27H24N4O6/c1-36-27(35)37-19-10-11-20-21(15-19)31-26(34)23(20)24(16-6-3-2-4-7-16)30-18-9-5-8-17(14-18)25(33)29-13-12-22(28)32/h2-11,14-15,31,34H,12-13H2,1H3,(H2,28,32)(H,29,33). The lowest BCUT2D eigenvalue weighted by Crippen LogP contribution is -2.27. The number of hydrogen-bond donors (Lipinski definition) is 4. The topological polar surface area (TPSA) is 156 Å². The van der Waals surface area contributed by atoms with Gasteiger partial charge >= 0.3 is 6.16 Å². The zero-order valence-corrected chi connectivity index (χ0v) is 19.9. The van der Waals surface area contributed by atoms with Gasteiger partial charge in [0.1, 0.15) is 5.75 Å². The lowest BCUT2D eigenvalue weighted by atomic mass is 10.0. The van der Waals surface area contributed by atoms with Crippen LogP contribution in [0.5, 0.6) is 11.6 Å². The number of carbonyl (C=O) groups is 3. The third-order valence-corrected chi connectivity index (χ3v) is 5.41. The number of aromatic nitrogens is 1. The molecule has 37 heavy (non-hydrogen) atoms. The quantitative estimate of drug-likeness (QED) is 0.164. The summed E-state index contributed by atoms with van der Waals surface area (Å²) >= 11 is 0. The molecule has 0 fully saturated rings. The molecule has 0 radical (unpaired) electrons. The first-order chi connectivity index (χ1) is 17.9. The van der Waals surface area contributed by atoms with Crippen molar-refractivity contribution in [2.24, 2.45) is 10.7 Å². The van der Waals surface area contributed by atoms with Gasteiger partial charge in [-0.25, -0.2) is 9.79 Å². The molecule has 10 nitrogen and oxygen atoms in total. The zero-order chi connectivity index (χ0) is 26.4. The number of rotatable bonds is 8. The molecule has 0 bridgehead atoms. The number of ether oxygens (including phenoxy) is 2. The number of nitrogens with one attached hydrogen (secondary N) is 2. The maximum Gasteiger partial charge on any atom is 0.513 e. The summed E-state index contributed by atoms with van der Waals surface area (Å²) in [6, 6.07) is 20.8. The molecular formula is C27H24N4O6. The number of aliphatic imine (C=N–C) groups is 1. The maximum absolute atomic E-state index is 12.5. The molecule has 2 amide bonds. The average Bonchev–Trinajstić information content (AvgIpc) is 3.22. The van der Waals surface area contributed by atoms with Crippen LogP contribution in [-0.2, 0) is 9.53 Å². The largest absolute Gasteiger partial charge is 0.513 e. The normalized spacial score (nSPS) is 11.2. The van der Waals surface area contributed by atoms with Gasteiger partial charge in [-0.2, -0.15) is 0 Å². The van der Waals surface area contributed by atoms with Crippen LogP contribution in [0.2, 0.25) is 0 Å². The predicted octanol–water partition coefficient (Wildman–Crippen LogP) is 3.79. The van der Waals surface area contributed by atoms with Crippen LogP contribution in [0.15, 0.2) is 77.8 Å². The third kappa shape index (κ3) is 5.93. The molecule has 1 heterocycles. The Morgan fingerprint density at radius 3 is 2.49 bits per heavy atom. The average molecular weight is 501 g/mol. The molecule has 5 N–H and O–H groups in total. The van der Waals surface area contributed by atoms with Crippen molar-refractivity contribution < 1.29 is 29.0 Å². The summed E-state index contributed by atoms with van der Waals surface area (Å²) in [5.41, 5.74) is 8.08. The van der Waals surface area contributed by atoms with Crippen molar-refractivity contribution in [1.82, 2.24) is 10.3 Å². The van der Waals surface area contributed by atoms with Crippen LogP contribution in [0.4, 0.5) is 10.5 Å². The van der Waals surface area contributed by atoms with Gasteiger partial charge in [0.05, 0.1) is 29.6 Å². The Balaban J connectivity index is 1.76. The number of amides is 2. The van der Waals surface area contributed by atoms with Crippen LogP contribution < -0.4 is 15.8 Å². The first kappa shape index (κ1) is 25.0. The number of fused-ring (bicyclic) bond motifs is 1. The van der Waals surface area contributed by atoms with E-state index >= 15 is 0 Å². The smallest absolute Gasteiger partial charge is 0.494 e. The van der Waals surface area contributed by atoms with E-state index in [2.05, 4.69) is 15.0 Å². The molecule has 0 aliphatic rings. The van der Waals surface area contributed by atoms with Gasteiger partial charge in [0.15, 0.2) is 5.88 Å². The molecule has 4 aromatic rings. The molecule has 0 unspecified atom stereocenters. The van der Waals surface area contributed by atoms with E-state index in [0.29, 0.717) is 33.4 Å². The number of aromatic amines is 1. The second-order valence-electron chi connectivity index (χ2n) is 7.96. The van der Waals surface area contributed by atoms with Gasteiger partial charge < -0.3 is 30.6 Å². The SMILES string of the molecule is COC(=O)Oc1ccc2c(C(=Nc3cccc(C(=O)NCCC(N)=O)c3)c3ccccc3)c(O)[nH]c2c1. The van der Waals surface area contributed by atoms with Gasteiger partial charge in [-0.3, -0.25) is 9.59 Å². The second kappa shape index (κ2) is 11.1. The lowest BCUT2D eigenvalue weighted by molar-refractivity contribution is -0.117. The molecule has 188 valence electrons. The Hall–Kier alpha value is -5.12. The summed E-state index contributed by atoms with van der Waals surface area (Å²) in [5, 5.41) is 14.2. The molecule has 0 aliphatic heterocycles. The van der Waals surface area contributed by atoms with E-state index in [-0.39, 0.29) is 30.5 Å². The zero-order valence-electron chi connectivity index (χ0n) is 19.9. The summed E-state index contributed by atoms with van der Waals surface area (Å²) in [6.07, 6.45) is -0.825. The molecular weight excluding hydrogens is 476 g/mol. The number of H-pyrrole nitrogens is 1. The van der Waals surface area contributed by atoms with Crippen LogP contribution in [0.25, 0.3) is 10.9 Å². The lowest BCUT2D eigenvalue weighted by Gasteiger charge is -2.09. The van der Waals surface area contributed by atoms with E-state index in [1.807, 2.05) is 30.3 Å². The minimum atomic E-state index is -0.861. The monoisotopic (exact) mass is 500 g/mol. The van der Waals surface area contributed by atoms with Gasteiger partial charge in [0.2, 0.25) is 5.91 Å². The van der Waals surface area contributed by atoms with E-state index in [1.54, 1.807) is 42.5 Å². The number of hydrogen-bond acceptors (Lipinski definition) is 7. The summed E-state index contributed by atoms with van der Waals surface area (Å²) in [5.74, 6) is -0.769. The highest BCUT2D eigenvalue weighted by atomic mass is 16.7. The summed E-state index contributed by atoms with van der Waals surface area (Å²) in [7, 11) is 1.21. The highest BCUT2D eigenvalue weighted by molar-refractivity contribution is 6.22. The van der Waals surface area contributed by atoms with E-state index in [9.17, 15) is 19.5 Å². The fourth-order valence-corrected chi connectivity index (χ4v) is 3.71. The summed E-state index contributed by atoms with van der Waals surface area (Å²) in [4.78, 5) is 42.6. The van der Waals surface area contributed by atoms with Crippen molar-refractivity contribution in [2.75, 3.05) is 13.7 Å². The second-order valence-corrected chi connectivity index (χ2v) is 7.96. The Morgan fingerprint density at radius 1 is 1.00 bits per heavy atom. The van der Waals surface area contributed by atoms with Crippen LogP contribution in [0, 0.1) is 0 Å². The predicted molar refractivity (Wildman–Crippen MR) is 137 cm³/mol. The van der Waals surface area contributed by atoms with Gasteiger partial charge in [-0.05, 0) is 30.3 Å².